The van der Waals surface area contributed by atoms with Crippen molar-refractivity contribution in [1.82, 2.24) is 0 Å². The van der Waals surface area contributed by atoms with Crippen molar-refractivity contribution in [2.45, 2.75) is 71.1 Å². The maximum absolute atomic E-state index is 10.6. The summed E-state index contributed by atoms with van der Waals surface area (Å²) in [6.45, 7) is 2.94. The first-order valence-corrected chi connectivity index (χ1v) is 9.37. The van der Waals surface area contributed by atoms with E-state index in [1.165, 1.54) is 57.8 Å². The van der Waals surface area contributed by atoms with E-state index in [1.807, 2.05) is 24.3 Å². The summed E-state index contributed by atoms with van der Waals surface area (Å²) in [6.07, 6.45) is 15.8. The third-order valence-corrected chi connectivity index (χ3v) is 4.08. The fourth-order valence-electron chi connectivity index (χ4n) is 2.68. The van der Waals surface area contributed by atoms with Crippen LogP contribution in [0.3, 0.4) is 0 Å². The summed E-state index contributed by atoms with van der Waals surface area (Å²) in [7, 11) is 0. The SMILES string of the molecule is CCCCCCCCCCCCOc1ccccc1C=CC(=O)O. The van der Waals surface area contributed by atoms with Gasteiger partial charge in [-0.1, -0.05) is 82.9 Å². The Labute approximate surface area is 146 Å². The van der Waals surface area contributed by atoms with E-state index in [0.717, 1.165) is 23.8 Å². The van der Waals surface area contributed by atoms with Gasteiger partial charge in [-0.05, 0) is 18.6 Å². The third-order valence-electron chi connectivity index (χ3n) is 4.08. The molecule has 0 aromatic heterocycles. The summed E-state index contributed by atoms with van der Waals surface area (Å²) in [5.41, 5.74) is 0.812. The zero-order valence-electron chi connectivity index (χ0n) is 15.0. The molecule has 0 aliphatic heterocycles. The van der Waals surface area contributed by atoms with Crippen molar-refractivity contribution < 1.29 is 14.6 Å². The summed E-state index contributed by atoms with van der Waals surface area (Å²) in [5, 5.41) is 8.72. The van der Waals surface area contributed by atoms with E-state index in [4.69, 9.17) is 9.84 Å². The molecule has 1 N–H and O–H groups in total. The Morgan fingerprint density at radius 1 is 0.958 bits per heavy atom. The van der Waals surface area contributed by atoms with E-state index in [2.05, 4.69) is 6.92 Å². The van der Waals surface area contributed by atoms with Crippen molar-refractivity contribution in [2.75, 3.05) is 6.61 Å². The number of hydrogen-bond acceptors (Lipinski definition) is 2. The molecule has 0 bridgehead atoms. The Morgan fingerprint density at radius 2 is 1.54 bits per heavy atom. The number of carbonyl (C=O) groups is 1. The van der Waals surface area contributed by atoms with Crippen molar-refractivity contribution in [3.63, 3.8) is 0 Å². The zero-order chi connectivity index (χ0) is 17.5. The number of aliphatic carboxylic acids is 1. The Balaban J connectivity index is 2.10. The highest BCUT2D eigenvalue weighted by Crippen LogP contribution is 2.20. The maximum Gasteiger partial charge on any atom is 0.328 e. The number of benzene rings is 1. The normalized spacial score (nSPS) is 11.0. The topological polar surface area (TPSA) is 46.5 Å². The van der Waals surface area contributed by atoms with E-state index in [0.29, 0.717) is 6.61 Å². The number of unbranched alkanes of at least 4 members (excludes halogenated alkanes) is 9. The molecular formula is C21H32O3. The van der Waals surface area contributed by atoms with Crippen LogP contribution in [0.4, 0.5) is 0 Å². The first-order valence-electron chi connectivity index (χ1n) is 9.37. The minimum atomic E-state index is -0.945. The number of hydrogen-bond donors (Lipinski definition) is 1. The minimum Gasteiger partial charge on any atom is -0.493 e. The smallest absolute Gasteiger partial charge is 0.328 e. The van der Waals surface area contributed by atoms with Crippen molar-refractivity contribution in [2.24, 2.45) is 0 Å². The molecule has 0 saturated heterocycles. The predicted molar refractivity (Wildman–Crippen MR) is 100 cm³/mol. The molecule has 1 aromatic carbocycles. The molecule has 0 aliphatic carbocycles. The van der Waals surface area contributed by atoms with Crippen LogP contribution in [0.2, 0.25) is 0 Å². The van der Waals surface area contributed by atoms with Crippen LogP contribution in [-0.2, 0) is 4.79 Å². The number of rotatable bonds is 14. The largest absolute Gasteiger partial charge is 0.493 e. The maximum atomic E-state index is 10.6. The van der Waals surface area contributed by atoms with Gasteiger partial charge in [-0.25, -0.2) is 4.79 Å². The standard InChI is InChI=1S/C21H32O3/c1-2-3-4-5-6-7-8-9-10-13-18-24-20-15-12-11-14-19(20)16-17-21(22)23/h11-12,14-17H,2-10,13,18H2,1H3,(H,22,23). The van der Waals surface area contributed by atoms with Crippen molar-refractivity contribution in [3.05, 3.63) is 35.9 Å². The molecule has 0 aliphatic rings. The number of ether oxygens (including phenoxy) is 1. The van der Waals surface area contributed by atoms with Crippen molar-refractivity contribution in [1.29, 1.82) is 0 Å². The molecule has 0 spiro atoms. The van der Waals surface area contributed by atoms with Crippen LogP contribution in [0.25, 0.3) is 6.08 Å². The molecule has 1 aromatic rings. The molecule has 0 radical (unpaired) electrons. The average molecular weight is 332 g/mol. The molecule has 0 fully saturated rings. The van der Waals surface area contributed by atoms with Gasteiger partial charge in [0.1, 0.15) is 5.75 Å². The molecule has 24 heavy (non-hydrogen) atoms. The van der Waals surface area contributed by atoms with E-state index in [9.17, 15) is 4.79 Å². The second-order valence-corrected chi connectivity index (χ2v) is 6.24. The van der Waals surface area contributed by atoms with E-state index < -0.39 is 5.97 Å². The van der Waals surface area contributed by atoms with Gasteiger partial charge in [0.25, 0.3) is 0 Å². The van der Waals surface area contributed by atoms with Crippen LogP contribution >= 0.6 is 0 Å². The molecular weight excluding hydrogens is 300 g/mol. The third kappa shape index (κ3) is 10.1. The van der Waals surface area contributed by atoms with Gasteiger partial charge >= 0.3 is 5.97 Å². The number of carboxylic acids is 1. The van der Waals surface area contributed by atoms with Crippen LogP contribution in [0.15, 0.2) is 30.3 Å². The molecule has 0 saturated carbocycles. The summed E-state index contributed by atoms with van der Waals surface area (Å²) in [4.78, 5) is 10.6. The molecule has 3 nitrogen and oxygen atoms in total. The molecule has 0 amide bonds. The average Bonchev–Trinajstić information content (AvgIpc) is 2.58. The Bertz CT molecular complexity index is 480. The van der Waals surface area contributed by atoms with Crippen molar-refractivity contribution in [3.8, 4) is 5.75 Å². The summed E-state index contributed by atoms with van der Waals surface area (Å²) >= 11 is 0. The van der Waals surface area contributed by atoms with Crippen LogP contribution in [-0.4, -0.2) is 17.7 Å². The highest BCUT2D eigenvalue weighted by molar-refractivity contribution is 5.85. The fourth-order valence-corrected chi connectivity index (χ4v) is 2.68. The fraction of sp³-hybridized carbons (Fsp3) is 0.571. The first kappa shape index (κ1) is 20.3. The van der Waals surface area contributed by atoms with Gasteiger partial charge in [0.2, 0.25) is 0 Å². The van der Waals surface area contributed by atoms with Gasteiger partial charge in [-0.2, -0.15) is 0 Å². The van der Waals surface area contributed by atoms with E-state index >= 15 is 0 Å². The summed E-state index contributed by atoms with van der Waals surface area (Å²) in [5.74, 6) is -0.189. The van der Waals surface area contributed by atoms with Gasteiger partial charge in [-0.3, -0.25) is 0 Å². The van der Waals surface area contributed by atoms with Gasteiger partial charge < -0.3 is 9.84 Å². The molecule has 0 unspecified atom stereocenters. The zero-order valence-corrected chi connectivity index (χ0v) is 15.0. The van der Waals surface area contributed by atoms with Crippen molar-refractivity contribution >= 4 is 12.0 Å². The Kier molecular flexibility index (Phi) is 11.5. The Hall–Kier alpha value is -1.77. The van der Waals surface area contributed by atoms with E-state index in [1.54, 1.807) is 6.08 Å². The highest BCUT2D eigenvalue weighted by Gasteiger charge is 2.00. The van der Waals surface area contributed by atoms with Gasteiger partial charge in [0, 0.05) is 11.6 Å². The second-order valence-electron chi connectivity index (χ2n) is 6.24. The molecule has 1 rings (SSSR count). The van der Waals surface area contributed by atoms with Crippen LogP contribution in [0.1, 0.15) is 76.7 Å². The van der Waals surface area contributed by atoms with Gasteiger partial charge in [0.05, 0.1) is 6.61 Å². The second kappa shape index (κ2) is 13.6. The quantitative estimate of drug-likeness (QED) is 0.331. The van der Waals surface area contributed by atoms with Crippen LogP contribution in [0.5, 0.6) is 5.75 Å². The van der Waals surface area contributed by atoms with Crippen LogP contribution < -0.4 is 4.74 Å². The lowest BCUT2D eigenvalue weighted by molar-refractivity contribution is -0.131. The Morgan fingerprint density at radius 3 is 2.17 bits per heavy atom. The predicted octanol–water partition coefficient (Wildman–Crippen LogP) is 6.08. The van der Waals surface area contributed by atoms with Gasteiger partial charge in [0.15, 0.2) is 0 Å². The lowest BCUT2D eigenvalue weighted by atomic mass is 10.1. The minimum absolute atomic E-state index is 0.689. The first-order chi connectivity index (χ1) is 11.7. The van der Waals surface area contributed by atoms with Crippen LogP contribution in [0, 0.1) is 0 Å². The lowest BCUT2D eigenvalue weighted by Crippen LogP contribution is -1.99. The molecule has 0 heterocycles. The summed E-state index contributed by atoms with van der Waals surface area (Å²) < 4.78 is 5.80. The number of carboxylic acid groups (broad SMARTS) is 1. The van der Waals surface area contributed by atoms with E-state index in [-0.39, 0.29) is 0 Å². The molecule has 3 heteroatoms. The highest BCUT2D eigenvalue weighted by atomic mass is 16.5. The number of para-hydroxylation sites is 1. The summed E-state index contributed by atoms with van der Waals surface area (Å²) in [6, 6.07) is 7.55. The van der Waals surface area contributed by atoms with Gasteiger partial charge in [-0.15, -0.1) is 0 Å². The monoisotopic (exact) mass is 332 g/mol. The molecule has 0 atom stereocenters. The molecule has 134 valence electrons. The lowest BCUT2D eigenvalue weighted by Gasteiger charge is -2.09.